The van der Waals surface area contributed by atoms with Crippen LogP contribution in [0.1, 0.15) is 10.5 Å². The van der Waals surface area contributed by atoms with Gasteiger partial charge in [0.1, 0.15) is 5.69 Å². The van der Waals surface area contributed by atoms with Gasteiger partial charge in [0.2, 0.25) is 0 Å². The van der Waals surface area contributed by atoms with E-state index in [1.165, 1.54) is 11.3 Å². The van der Waals surface area contributed by atoms with E-state index in [0.717, 1.165) is 10.8 Å². The van der Waals surface area contributed by atoms with Crippen LogP contribution < -0.4 is 11.1 Å². The molecule has 0 unspecified atom stereocenters. The molecular weight excluding hydrogens is 260 g/mol. The molecule has 1 aromatic carbocycles. The van der Waals surface area contributed by atoms with E-state index in [2.05, 4.69) is 15.3 Å². The molecule has 3 rings (SSSR count). The van der Waals surface area contributed by atoms with E-state index in [4.69, 9.17) is 5.73 Å². The van der Waals surface area contributed by atoms with Gasteiger partial charge in [-0.3, -0.25) is 15.1 Å². The van der Waals surface area contributed by atoms with Gasteiger partial charge >= 0.3 is 0 Å². The maximum atomic E-state index is 12.2. The molecule has 0 saturated heterocycles. The van der Waals surface area contributed by atoms with Gasteiger partial charge in [0.05, 0.1) is 0 Å². The third kappa shape index (κ3) is 2.13. The van der Waals surface area contributed by atoms with Gasteiger partial charge in [-0.25, -0.2) is 4.98 Å². The van der Waals surface area contributed by atoms with Crippen LogP contribution in [0.4, 0.5) is 10.8 Å². The van der Waals surface area contributed by atoms with Gasteiger partial charge in [0, 0.05) is 34.2 Å². The first-order valence-corrected chi connectivity index (χ1v) is 6.48. The van der Waals surface area contributed by atoms with Crippen molar-refractivity contribution in [3.63, 3.8) is 0 Å². The van der Waals surface area contributed by atoms with Crippen LogP contribution in [-0.4, -0.2) is 15.9 Å². The molecule has 2 aromatic heterocycles. The van der Waals surface area contributed by atoms with Crippen LogP contribution in [0.5, 0.6) is 0 Å². The zero-order chi connectivity index (χ0) is 13.2. The lowest BCUT2D eigenvalue weighted by Gasteiger charge is -2.06. The van der Waals surface area contributed by atoms with Gasteiger partial charge in [-0.15, -0.1) is 11.3 Å². The zero-order valence-electron chi connectivity index (χ0n) is 9.83. The summed E-state index contributed by atoms with van der Waals surface area (Å²) in [4.78, 5) is 20.3. The first kappa shape index (κ1) is 11.6. The molecular formula is C13H10N4OS. The lowest BCUT2D eigenvalue weighted by molar-refractivity contribution is 0.102. The minimum Gasteiger partial charge on any atom is -0.398 e. The van der Waals surface area contributed by atoms with Gasteiger partial charge in [-0.1, -0.05) is 12.1 Å². The largest absolute Gasteiger partial charge is 0.398 e. The molecule has 0 aliphatic rings. The van der Waals surface area contributed by atoms with Gasteiger partial charge in [-0.05, 0) is 12.1 Å². The average molecular weight is 270 g/mol. The quantitative estimate of drug-likeness (QED) is 0.701. The Morgan fingerprint density at radius 3 is 2.84 bits per heavy atom. The fourth-order valence-electron chi connectivity index (χ4n) is 1.85. The fraction of sp³-hybridized carbons (Fsp3) is 0. The summed E-state index contributed by atoms with van der Waals surface area (Å²) >= 11 is 1.36. The summed E-state index contributed by atoms with van der Waals surface area (Å²) in [5.74, 6) is -0.286. The molecule has 0 saturated carbocycles. The van der Waals surface area contributed by atoms with Crippen molar-refractivity contribution >= 4 is 38.8 Å². The van der Waals surface area contributed by atoms with Crippen molar-refractivity contribution in [3.8, 4) is 0 Å². The number of nitrogens with two attached hydrogens (primary N) is 1. The molecule has 1 amide bonds. The van der Waals surface area contributed by atoms with Crippen molar-refractivity contribution in [1.29, 1.82) is 0 Å². The summed E-state index contributed by atoms with van der Waals surface area (Å²) < 4.78 is 0. The molecule has 2 heterocycles. The number of rotatable bonds is 2. The number of carbonyl (C=O) groups is 1. The fourth-order valence-corrected chi connectivity index (χ4v) is 2.38. The average Bonchev–Trinajstić information content (AvgIpc) is 2.91. The van der Waals surface area contributed by atoms with Gasteiger partial charge in [0.25, 0.3) is 5.91 Å². The number of aromatic nitrogens is 2. The molecule has 5 nitrogen and oxygen atoms in total. The lowest BCUT2D eigenvalue weighted by atomic mass is 10.1. The third-order valence-electron chi connectivity index (χ3n) is 2.71. The number of pyridine rings is 1. The number of hydrogen-bond donors (Lipinski definition) is 2. The number of nitrogens with zero attached hydrogens (tertiary/aromatic N) is 2. The Bertz CT molecular complexity index is 739. The Labute approximate surface area is 113 Å². The number of nitrogens with one attached hydrogen (secondary N) is 1. The smallest absolute Gasteiger partial charge is 0.276 e. The molecule has 0 fully saturated rings. The number of thiazole rings is 1. The highest BCUT2D eigenvalue weighted by atomic mass is 32.1. The number of amides is 1. The summed E-state index contributed by atoms with van der Waals surface area (Å²) in [5.41, 5.74) is 6.87. The van der Waals surface area contributed by atoms with Crippen LogP contribution in [-0.2, 0) is 0 Å². The maximum Gasteiger partial charge on any atom is 0.276 e. The first-order chi connectivity index (χ1) is 9.25. The van der Waals surface area contributed by atoms with Crippen molar-refractivity contribution in [1.82, 2.24) is 9.97 Å². The highest BCUT2D eigenvalue weighted by molar-refractivity contribution is 7.13. The van der Waals surface area contributed by atoms with Crippen molar-refractivity contribution in [3.05, 3.63) is 47.7 Å². The molecule has 0 atom stereocenters. The van der Waals surface area contributed by atoms with Crippen LogP contribution in [0.2, 0.25) is 0 Å². The number of hydrogen-bond acceptors (Lipinski definition) is 5. The van der Waals surface area contributed by atoms with Crippen LogP contribution >= 0.6 is 11.3 Å². The summed E-state index contributed by atoms with van der Waals surface area (Å²) in [6.45, 7) is 0. The minimum atomic E-state index is -0.286. The van der Waals surface area contributed by atoms with Crippen LogP contribution in [0, 0.1) is 0 Å². The SMILES string of the molecule is Nc1cccc2c(C(=O)Nc3nccs3)nccc12. The molecule has 0 spiro atoms. The molecule has 0 aliphatic heterocycles. The maximum absolute atomic E-state index is 12.2. The molecule has 19 heavy (non-hydrogen) atoms. The van der Waals surface area contributed by atoms with Crippen molar-refractivity contribution in [2.24, 2.45) is 0 Å². The predicted molar refractivity (Wildman–Crippen MR) is 76.2 cm³/mol. The molecule has 0 aliphatic carbocycles. The van der Waals surface area contributed by atoms with Gasteiger partial charge in [-0.2, -0.15) is 0 Å². The Morgan fingerprint density at radius 2 is 2.05 bits per heavy atom. The van der Waals surface area contributed by atoms with E-state index in [1.807, 2.05) is 6.07 Å². The predicted octanol–water partition coefficient (Wildman–Crippen LogP) is 2.53. The summed E-state index contributed by atoms with van der Waals surface area (Å²) in [7, 11) is 0. The molecule has 0 radical (unpaired) electrons. The molecule has 3 aromatic rings. The van der Waals surface area contributed by atoms with Crippen LogP contribution in [0.15, 0.2) is 42.0 Å². The number of benzene rings is 1. The summed E-state index contributed by atoms with van der Waals surface area (Å²) in [6.07, 6.45) is 3.21. The van der Waals surface area contributed by atoms with E-state index in [1.54, 1.807) is 36.0 Å². The van der Waals surface area contributed by atoms with Gasteiger partial charge < -0.3 is 5.73 Å². The summed E-state index contributed by atoms with van der Waals surface area (Å²) in [6, 6.07) is 7.23. The summed E-state index contributed by atoms with van der Waals surface area (Å²) in [5, 5.41) is 6.61. The first-order valence-electron chi connectivity index (χ1n) is 5.60. The van der Waals surface area contributed by atoms with E-state index < -0.39 is 0 Å². The van der Waals surface area contributed by atoms with Crippen molar-refractivity contribution < 1.29 is 4.79 Å². The molecule has 94 valence electrons. The second-order valence-electron chi connectivity index (χ2n) is 3.89. The number of carbonyl (C=O) groups excluding carboxylic acids is 1. The Hall–Kier alpha value is -2.47. The third-order valence-corrected chi connectivity index (χ3v) is 3.40. The molecule has 3 N–H and O–H groups in total. The molecule has 6 heteroatoms. The highest BCUT2D eigenvalue weighted by Gasteiger charge is 2.13. The second kappa shape index (κ2) is 4.66. The number of fused-ring (bicyclic) bond motifs is 1. The number of nitrogen functional groups attached to an aromatic ring is 1. The second-order valence-corrected chi connectivity index (χ2v) is 4.79. The van der Waals surface area contributed by atoms with Crippen molar-refractivity contribution in [2.75, 3.05) is 11.1 Å². The lowest BCUT2D eigenvalue weighted by Crippen LogP contribution is -2.14. The van der Waals surface area contributed by atoms with E-state index in [-0.39, 0.29) is 5.91 Å². The highest BCUT2D eigenvalue weighted by Crippen LogP contribution is 2.23. The molecule has 0 bridgehead atoms. The number of anilines is 2. The zero-order valence-corrected chi connectivity index (χ0v) is 10.6. The topological polar surface area (TPSA) is 80.9 Å². The van der Waals surface area contributed by atoms with E-state index in [0.29, 0.717) is 16.5 Å². The Kier molecular flexibility index (Phi) is 2.85. The van der Waals surface area contributed by atoms with Gasteiger partial charge in [0.15, 0.2) is 5.13 Å². The minimum absolute atomic E-state index is 0.286. The van der Waals surface area contributed by atoms with Crippen LogP contribution in [0.25, 0.3) is 10.8 Å². The monoisotopic (exact) mass is 270 g/mol. The Balaban J connectivity index is 2.05. The van der Waals surface area contributed by atoms with Crippen LogP contribution in [0.3, 0.4) is 0 Å². The van der Waals surface area contributed by atoms with E-state index >= 15 is 0 Å². The Morgan fingerprint density at radius 1 is 1.16 bits per heavy atom. The van der Waals surface area contributed by atoms with E-state index in [9.17, 15) is 4.79 Å². The standard InChI is InChI=1S/C13H10N4OS/c14-10-3-1-2-9-8(10)4-5-15-11(9)12(18)17-13-16-6-7-19-13/h1-7H,14H2,(H,16,17,18). The normalized spacial score (nSPS) is 10.5. The van der Waals surface area contributed by atoms with Crippen molar-refractivity contribution in [2.45, 2.75) is 0 Å².